The number of rotatable bonds is 6. The first-order chi connectivity index (χ1) is 12.3. The SMILES string of the molecule is CN(C)C(=O)c1cc(NC(=O)CCC(=O)c2ccc(F)cc2)ccc1Cl. The number of ketones is 1. The maximum Gasteiger partial charge on any atom is 0.254 e. The Kier molecular flexibility index (Phi) is 6.46. The van der Waals surface area contributed by atoms with Crippen LogP contribution in [0.1, 0.15) is 33.6 Å². The quantitative estimate of drug-likeness (QED) is 0.780. The van der Waals surface area contributed by atoms with Crippen LogP contribution in [0.5, 0.6) is 0 Å². The highest BCUT2D eigenvalue weighted by Gasteiger charge is 2.15. The second-order valence-electron chi connectivity index (χ2n) is 5.87. The highest BCUT2D eigenvalue weighted by Crippen LogP contribution is 2.22. The summed E-state index contributed by atoms with van der Waals surface area (Å²) in [7, 11) is 3.20. The van der Waals surface area contributed by atoms with Gasteiger partial charge in [0.2, 0.25) is 5.91 Å². The van der Waals surface area contributed by atoms with Gasteiger partial charge in [-0.25, -0.2) is 4.39 Å². The fraction of sp³-hybridized carbons (Fsp3) is 0.211. The van der Waals surface area contributed by atoms with Crippen molar-refractivity contribution >= 4 is 34.9 Å². The Morgan fingerprint density at radius 2 is 1.69 bits per heavy atom. The molecule has 0 aliphatic rings. The number of carbonyl (C=O) groups is 3. The first-order valence-electron chi connectivity index (χ1n) is 7.87. The van der Waals surface area contributed by atoms with E-state index in [-0.39, 0.29) is 41.0 Å². The summed E-state index contributed by atoms with van der Waals surface area (Å²) >= 11 is 6.02. The van der Waals surface area contributed by atoms with Crippen molar-refractivity contribution in [3.63, 3.8) is 0 Å². The van der Waals surface area contributed by atoms with Gasteiger partial charge in [0.1, 0.15) is 5.82 Å². The van der Waals surface area contributed by atoms with Gasteiger partial charge in [0.15, 0.2) is 5.78 Å². The average molecular weight is 377 g/mol. The Morgan fingerprint density at radius 3 is 2.31 bits per heavy atom. The molecule has 2 rings (SSSR count). The lowest BCUT2D eigenvalue weighted by Crippen LogP contribution is -2.22. The summed E-state index contributed by atoms with van der Waals surface area (Å²) in [6, 6.07) is 9.76. The van der Waals surface area contributed by atoms with Crippen LogP contribution < -0.4 is 5.32 Å². The molecule has 0 atom stereocenters. The molecule has 2 aromatic carbocycles. The zero-order valence-electron chi connectivity index (χ0n) is 14.4. The van der Waals surface area contributed by atoms with Crippen molar-refractivity contribution in [2.75, 3.05) is 19.4 Å². The third-order valence-corrected chi connectivity index (χ3v) is 3.96. The van der Waals surface area contributed by atoms with Gasteiger partial charge in [0, 0.05) is 38.2 Å². The van der Waals surface area contributed by atoms with Gasteiger partial charge in [-0.3, -0.25) is 14.4 Å². The van der Waals surface area contributed by atoms with Crippen molar-refractivity contribution in [3.8, 4) is 0 Å². The number of benzene rings is 2. The van der Waals surface area contributed by atoms with Crippen LogP contribution in [-0.2, 0) is 4.79 Å². The molecule has 136 valence electrons. The monoisotopic (exact) mass is 376 g/mol. The molecule has 0 aromatic heterocycles. The van der Waals surface area contributed by atoms with E-state index >= 15 is 0 Å². The molecule has 2 aromatic rings. The van der Waals surface area contributed by atoms with Gasteiger partial charge < -0.3 is 10.2 Å². The van der Waals surface area contributed by atoms with E-state index < -0.39 is 5.82 Å². The van der Waals surface area contributed by atoms with Gasteiger partial charge in [-0.2, -0.15) is 0 Å². The number of carbonyl (C=O) groups excluding carboxylic acids is 3. The second-order valence-corrected chi connectivity index (χ2v) is 6.28. The summed E-state index contributed by atoms with van der Waals surface area (Å²) in [5, 5.41) is 2.92. The van der Waals surface area contributed by atoms with Gasteiger partial charge >= 0.3 is 0 Å². The number of anilines is 1. The van der Waals surface area contributed by atoms with Crippen molar-refractivity contribution in [2.45, 2.75) is 12.8 Å². The van der Waals surface area contributed by atoms with E-state index in [9.17, 15) is 18.8 Å². The van der Waals surface area contributed by atoms with Crippen molar-refractivity contribution in [3.05, 3.63) is 64.4 Å². The second kappa shape index (κ2) is 8.58. The molecule has 0 unspecified atom stereocenters. The van der Waals surface area contributed by atoms with E-state index in [0.717, 1.165) is 0 Å². The molecule has 1 N–H and O–H groups in total. The molecule has 5 nitrogen and oxygen atoms in total. The number of Topliss-reactive ketones (excluding diaryl/α,β-unsaturated/α-hetero) is 1. The molecule has 0 fully saturated rings. The van der Waals surface area contributed by atoms with E-state index in [4.69, 9.17) is 11.6 Å². The summed E-state index contributed by atoms with van der Waals surface area (Å²) in [6.07, 6.45) is -0.0374. The Bertz CT molecular complexity index is 835. The van der Waals surface area contributed by atoms with Gasteiger partial charge in [-0.15, -0.1) is 0 Å². The number of amides is 2. The van der Waals surface area contributed by atoms with Gasteiger partial charge in [-0.05, 0) is 42.5 Å². The lowest BCUT2D eigenvalue weighted by atomic mass is 10.1. The number of hydrogen-bond donors (Lipinski definition) is 1. The van der Waals surface area contributed by atoms with Gasteiger partial charge in [0.25, 0.3) is 5.91 Å². The Labute approximate surface area is 155 Å². The van der Waals surface area contributed by atoms with Crippen LogP contribution in [0.15, 0.2) is 42.5 Å². The van der Waals surface area contributed by atoms with Crippen molar-refractivity contribution in [2.24, 2.45) is 0 Å². The molecular formula is C19H18ClFN2O3. The van der Waals surface area contributed by atoms with Crippen LogP contribution in [0.3, 0.4) is 0 Å². The lowest BCUT2D eigenvalue weighted by Gasteiger charge is -2.13. The van der Waals surface area contributed by atoms with Gasteiger partial charge in [0.05, 0.1) is 10.6 Å². The highest BCUT2D eigenvalue weighted by atomic mass is 35.5. The third-order valence-electron chi connectivity index (χ3n) is 3.63. The number of nitrogens with zero attached hydrogens (tertiary/aromatic N) is 1. The van der Waals surface area contributed by atoms with E-state index in [0.29, 0.717) is 11.3 Å². The summed E-state index contributed by atoms with van der Waals surface area (Å²) in [5.74, 6) is -1.33. The molecule has 26 heavy (non-hydrogen) atoms. The number of hydrogen-bond acceptors (Lipinski definition) is 3. The molecule has 0 saturated heterocycles. The first-order valence-corrected chi connectivity index (χ1v) is 8.25. The fourth-order valence-electron chi connectivity index (χ4n) is 2.24. The van der Waals surface area contributed by atoms with Gasteiger partial charge in [-0.1, -0.05) is 11.6 Å². The van der Waals surface area contributed by atoms with Crippen LogP contribution in [0.4, 0.5) is 10.1 Å². The minimum Gasteiger partial charge on any atom is -0.345 e. The molecule has 2 amide bonds. The maximum atomic E-state index is 12.9. The largest absolute Gasteiger partial charge is 0.345 e. The fourth-order valence-corrected chi connectivity index (χ4v) is 2.44. The summed E-state index contributed by atoms with van der Waals surface area (Å²) < 4.78 is 12.9. The predicted octanol–water partition coefficient (Wildman–Crippen LogP) is 3.78. The highest BCUT2D eigenvalue weighted by molar-refractivity contribution is 6.34. The molecule has 0 aliphatic carbocycles. The van der Waals surface area contributed by atoms with E-state index in [1.54, 1.807) is 20.2 Å². The minimum atomic E-state index is -0.426. The Hall–Kier alpha value is -2.73. The topological polar surface area (TPSA) is 66.5 Å². The molecular weight excluding hydrogens is 359 g/mol. The molecule has 0 aliphatic heterocycles. The van der Waals surface area contributed by atoms with Crippen LogP contribution in [-0.4, -0.2) is 36.6 Å². The van der Waals surface area contributed by atoms with Crippen molar-refractivity contribution in [1.29, 1.82) is 0 Å². The maximum absolute atomic E-state index is 12.9. The van der Waals surface area contributed by atoms with Crippen LogP contribution in [0.25, 0.3) is 0 Å². The van der Waals surface area contributed by atoms with E-state index in [1.807, 2.05) is 0 Å². The molecule has 0 radical (unpaired) electrons. The molecule has 0 heterocycles. The number of halogens is 2. The normalized spacial score (nSPS) is 10.3. The van der Waals surface area contributed by atoms with E-state index in [1.165, 1.54) is 41.3 Å². The van der Waals surface area contributed by atoms with Crippen LogP contribution in [0, 0.1) is 5.82 Å². The summed E-state index contributed by atoms with van der Waals surface area (Å²) in [5.41, 5.74) is 1.04. The molecule has 7 heteroatoms. The smallest absolute Gasteiger partial charge is 0.254 e. The predicted molar refractivity (Wildman–Crippen MR) is 98.1 cm³/mol. The molecule has 0 spiro atoms. The lowest BCUT2D eigenvalue weighted by molar-refractivity contribution is -0.116. The third kappa shape index (κ3) is 5.13. The van der Waals surface area contributed by atoms with Crippen molar-refractivity contribution < 1.29 is 18.8 Å². The van der Waals surface area contributed by atoms with Crippen LogP contribution >= 0.6 is 11.6 Å². The zero-order chi connectivity index (χ0) is 19.3. The van der Waals surface area contributed by atoms with Crippen LogP contribution in [0.2, 0.25) is 5.02 Å². The molecule has 0 bridgehead atoms. The Morgan fingerprint density at radius 1 is 1.04 bits per heavy atom. The number of nitrogens with one attached hydrogen (secondary N) is 1. The van der Waals surface area contributed by atoms with E-state index in [2.05, 4.69) is 5.32 Å². The minimum absolute atomic E-state index is 0.00542. The average Bonchev–Trinajstić information content (AvgIpc) is 2.61. The molecule has 0 saturated carbocycles. The summed E-state index contributed by atoms with van der Waals surface area (Å²) in [4.78, 5) is 37.5. The Balaban J connectivity index is 1.97. The van der Waals surface area contributed by atoms with Crippen molar-refractivity contribution in [1.82, 2.24) is 4.90 Å². The summed E-state index contributed by atoms with van der Waals surface area (Å²) in [6.45, 7) is 0. The zero-order valence-corrected chi connectivity index (χ0v) is 15.1. The standard InChI is InChI=1S/C19H18ClFN2O3/c1-23(2)19(26)15-11-14(7-8-16(15)20)22-18(25)10-9-17(24)12-3-5-13(21)6-4-12/h3-8,11H,9-10H2,1-2H3,(H,22,25). The first kappa shape index (κ1) is 19.6.